The molecule has 2 heteroatoms. The lowest BCUT2D eigenvalue weighted by Gasteiger charge is -2.28. The number of rotatable bonds is 5. The second-order valence-corrected chi connectivity index (χ2v) is 6.24. The van der Waals surface area contributed by atoms with E-state index in [-0.39, 0.29) is 11.7 Å². The average Bonchev–Trinajstić information content (AvgIpc) is 2.47. The molecular formula is C19H25NO. The van der Waals surface area contributed by atoms with Gasteiger partial charge in [-0.15, -0.1) is 0 Å². The number of hydrogen-bond donors (Lipinski definition) is 1. The zero-order valence-corrected chi connectivity index (χ0v) is 13.4. The van der Waals surface area contributed by atoms with Gasteiger partial charge in [0.05, 0.1) is 11.7 Å². The summed E-state index contributed by atoms with van der Waals surface area (Å²) in [7, 11) is 1.96. The standard InChI is InChI=1S/C19H25NO/c1-19(2,3)21-18(15-10-6-5-7-11-15)14-16-12-8-9-13-17(16)20-4/h5-13,18,20H,14H2,1-4H3/t18-/m0/s1. The molecule has 0 aliphatic heterocycles. The summed E-state index contributed by atoms with van der Waals surface area (Å²) in [6.07, 6.45) is 0.916. The first-order valence-corrected chi connectivity index (χ1v) is 7.48. The fraction of sp³-hybridized carbons (Fsp3) is 0.368. The Hall–Kier alpha value is -1.80. The van der Waals surface area contributed by atoms with Gasteiger partial charge in [0.15, 0.2) is 0 Å². The summed E-state index contributed by atoms with van der Waals surface area (Å²) in [6.45, 7) is 6.31. The fourth-order valence-electron chi connectivity index (χ4n) is 2.46. The molecular weight excluding hydrogens is 258 g/mol. The monoisotopic (exact) mass is 283 g/mol. The Morgan fingerprint density at radius 3 is 2.19 bits per heavy atom. The first-order chi connectivity index (χ1) is 9.99. The lowest BCUT2D eigenvalue weighted by Crippen LogP contribution is -2.24. The molecule has 0 aromatic heterocycles. The lowest BCUT2D eigenvalue weighted by molar-refractivity contribution is -0.0613. The Labute approximate surface area is 128 Å². The van der Waals surface area contributed by atoms with Crippen LogP contribution in [0.15, 0.2) is 54.6 Å². The number of benzene rings is 2. The van der Waals surface area contributed by atoms with Crippen LogP contribution in [0.3, 0.4) is 0 Å². The molecule has 0 aliphatic rings. The van der Waals surface area contributed by atoms with Crippen molar-refractivity contribution in [2.45, 2.75) is 38.9 Å². The first kappa shape index (κ1) is 15.6. The highest BCUT2D eigenvalue weighted by Crippen LogP contribution is 2.29. The summed E-state index contributed by atoms with van der Waals surface area (Å²) in [5, 5.41) is 3.26. The number of nitrogens with one attached hydrogen (secondary N) is 1. The van der Waals surface area contributed by atoms with Crippen molar-refractivity contribution in [3.05, 3.63) is 65.7 Å². The molecule has 0 heterocycles. The van der Waals surface area contributed by atoms with Gasteiger partial charge in [-0.05, 0) is 38.0 Å². The molecule has 0 unspecified atom stereocenters. The van der Waals surface area contributed by atoms with Gasteiger partial charge in [0.2, 0.25) is 0 Å². The molecule has 0 bridgehead atoms. The second kappa shape index (κ2) is 6.77. The molecule has 0 spiro atoms. The highest BCUT2D eigenvalue weighted by atomic mass is 16.5. The molecule has 1 atom stereocenters. The van der Waals surface area contributed by atoms with Crippen molar-refractivity contribution in [3.63, 3.8) is 0 Å². The van der Waals surface area contributed by atoms with E-state index in [0.29, 0.717) is 0 Å². The molecule has 1 N–H and O–H groups in total. The van der Waals surface area contributed by atoms with E-state index in [4.69, 9.17) is 4.74 Å². The summed E-state index contributed by atoms with van der Waals surface area (Å²) in [4.78, 5) is 0. The minimum absolute atomic E-state index is 0.0562. The molecule has 2 rings (SSSR count). The van der Waals surface area contributed by atoms with Crippen LogP contribution < -0.4 is 5.32 Å². The Bertz CT molecular complexity index is 557. The Morgan fingerprint density at radius 1 is 0.952 bits per heavy atom. The summed E-state index contributed by atoms with van der Waals surface area (Å²) in [5.41, 5.74) is 3.49. The molecule has 0 radical (unpaired) electrons. The maximum absolute atomic E-state index is 6.30. The van der Waals surface area contributed by atoms with Crippen LogP contribution in [-0.4, -0.2) is 12.6 Å². The third-order valence-corrected chi connectivity index (χ3v) is 3.36. The van der Waals surface area contributed by atoms with E-state index in [0.717, 1.165) is 12.1 Å². The van der Waals surface area contributed by atoms with E-state index in [1.54, 1.807) is 0 Å². The molecule has 2 aromatic rings. The first-order valence-electron chi connectivity index (χ1n) is 7.48. The fourth-order valence-corrected chi connectivity index (χ4v) is 2.46. The number of hydrogen-bond acceptors (Lipinski definition) is 2. The minimum atomic E-state index is -0.172. The Kier molecular flexibility index (Phi) is 5.03. The third-order valence-electron chi connectivity index (χ3n) is 3.36. The SMILES string of the molecule is CNc1ccccc1C[C@H](OC(C)(C)C)c1ccccc1. The van der Waals surface area contributed by atoms with Gasteiger partial charge in [-0.1, -0.05) is 48.5 Å². The maximum atomic E-state index is 6.30. The van der Waals surface area contributed by atoms with Crippen LogP contribution in [0.1, 0.15) is 38.0 Å². The lowest BCUT2D eigenvalue weighted by atomic mass is 9.99. The van der Waals surface area contributed by atoms with Crippen molar-refractivity contribution in [3.8, 4) is 0 Å². The zero-order valence-electron chi connectivity index (χ0n) is 13.4. The van der Waals surface area contributed by atoms with E-state index in [9.17, 15) is 0 Å². The Balaban J connectivity index is 2.28. The molecule has 0 amide bonds. The van der Waals surface area contributed by atoms with Crippen molar-refractivity contribution in [1.82, 2.24) is 0 Å². The van der Waals surface area contributed by atoms with Gasteiger partial charge >= 0.3 is 0 Å². The van der Waals surface area contributed by atoms with Crippen LogP contribution in [0, 0.1) is 0 Å². The summed E-state index contributed by atoms with van der Waals surface area (Å²) >= 11 is 0. The third kappa shape index (κ3) is 4.61. The Morgan fingerprint density at radius 2 is 1.57 bits per heavy atom. The second-order valence-electron chi connectivity index (χ2n) is 6.24. The van der Waals surface area contributed by atoms with Crippen LogP contribution >= 0.6 is 0 Å². The highest BCUT2D eigenvalue weighted by molar-refractivity contribution is 5.51. The van der Waals surface area contributed by atoms with Gasteiger partial charge < -0.3 is 10.1 Å². The van der Waals surface area contributed by atoms with E-state index in [1.807, 2.05) is 13.1 Å². The van der Waals surface area contributed by atoms with Crippen LogP contribution in [0.4, 0.5) is 5.69 Å². The highest BCUT2D eigenvalue weighted by Gasteiger charge is 2.21. The van der Waals surface area contributed by atoms with Gasteiger partial charge in [0.1, 0.15) is 0 Å². The van der Waals surface area contributed by atoms with E-state index in [1.165, 1.54) is 11.1 Å². The maximum Gasteiger partial charge on any atom is 0.0873 e. The molecule has 0 fully saturated rings. The average molecular weight is 283 g/mol. The van der Waals surface area contributed by atoms with Crippen molar-refractivity contribution in [1.29, 1.82) is 0 Å². The molecule has 0 saturated heterocycles. The normalized spacial score (nSPS) is 13.0. The number of ether oxygens (including phenoxy) is 1. The molecule has 21 heavy (non-hydrogen) atoms. The number of anilines is 1. The van der Waals surface area contributed by atoms with Crippen molar-refractivity contribution >= 4 is 5.69 Å². The van der Waals surface area contributed by atoms with Gasteiger partial charge in [-0.2, -0.15) is 0 Å². The zero-order chi connectivity index (χ0) is 15.3. The van der Waals surface area contributed by atoms with Gasteiger partial charge in [-0.3, -0.25) is 0 Å². The van der Waals surface area contributed by atoms with Crippen LogP contribution in [0.25, 0.3) is 0 Å². The van der Waals surface area contributed by atoms with E-state index in [2.05, 4.69) is 74.6 Å². The quantitative estimate of drug-likeness (QED) is 0.848. The van der Waals surface area contributed by atoms with E-state index >= 15 is 0 Å². The van der Waals surface area contributed by atoms with Gasteiger partial charge in [-0.25, -0.2) is 0 Å². The van der Waals surface area contributed by atoms with Crippen molar-refractivity contribution in [2.75, 3.05) is 12.4 Å². The van der Waals surface area contributed by atoms with Crippen molar-refractivity contribution < 1.29 is 4.74 Å². The summed E-state index contributed by atoms with van der Waals surface area (Å²) in [5.74, 6) is 0. The topological polar surface area (TPSA) is 21.3 Å². The smallest absolute Gasteiger partial charge is 0.0873 e. The van der Waals surface area contributed by atoms with Crippen molar-refractivity contribution in [2.24, 2.45) is 0 Å². The summed E-state index contributed by atoms with van der Waals surface area (Å²) < 4.78 is 6.30. The molecule has 2 nitrogen and oxygen atoms in total. The molecule has 112 valence electrons. The molecule has 0 saturated carbocycles. The van der Waals surface area contributed by atoms with Gasteiger partial charge in [0, 0.05) is 19.2 Å². The van der Waals surface area contributed by atoms with Crippen LogP contribution in [-0.2, 0) is 11.2 Å². The van der Waals surface area contributed by atoms with Gasteiger partial charge in [0.25, 0.3) is 0 Å². The van der Waals surface area contributed by atoms with Crippen LogP contribution in [0.2, 0.25) is 0 Å². The number of para-hydroxylation sites is 1. The van der Waals surface area contributed by atoms with E-state index < -0.39 is 0 Å². The predicted molar refractivity (Wildman–Crippen MR) is 89.7 cm³/mol. The molecule has 2 aromatic carbocycles. The summed E-state index contributed by atoms with van der Waals surface area (Å²) in [6, 6.07) is 18.8. The molecule has 0 aliphatic carbocycles. The van der Waals surface area contributed by atoms with Crippen LogP contribution in [0.5, 0.6) is 0 Å². The largest absolute Gasteiger partial charge is 0.388 e. The minimum Gasteiger partial charge on any atom is -0.388 e. The predicted octanol–water partition coefficient (Wildman–Crippen LogP) is 4.83.